The third kappa shape index (κ3) is 0.501. The minimum absolute atomic E-state index is 1.03. The summed E-state index contributed by atoms with van der Waals surface area (Å²) in [5.74, 6) is 0. The van der Waals surface area contributed by atoms with E-state index in [1.165, 1.54) is 11.1 Å². The Kier molecular flexibility index (Phi) is 0.889. The van der Waals surface area contributed by atoms with Crippen molar-refractivity contribution in [3.8, 4) is 0 Å². The van der Waals surface area contributed by atoms with Crippen LogP contribution in [0.4, 0.5) is 0 Å². The fraction of sp³-hybridized carbons (Fsp3) is 0.333. The monoisotopic (exact) mass is 124 g/mol. The van der Waals surface area contributed by atoms with Crippen molar-refractivity contribution in [2.45, 2.75) is 13.1 Å². The van der Waals surface area contributed by atoms with Crippen LogP contribution in [-0.2, 0) is 13.1 Å². The van der Waals surface area contributed by atoms with E-state index < -0.39 is 0 Å². The molecular weight excluding hydrogens is 118 g/mol. The predicted octanol–water partition coefficient (Wildman–Crippen LogP) is 1.15. The number of rotatable bonds is 0. The van der Waals surface area contributed by atoms with Gasteiger partial charge in [0.05, 0.1) is 0 Å². The van der Waals surface area contributed by atoms with Gasteiger partial charge in [0.15, 0.2) is 0 Å². The SMILES string of the molecule is [c]1scc2c1CNC2. The zero-order chi connectivity index (χ0) is 5.40. The van der Waals surface area contributed by atoms with Gasteiger partial charge in [0, 0.05) is 18.5 Å². The molecule has 1 nitrogen and oxygen atoms in total. The molecule has 1 aromatic heterocycles. The first-order chi connectivity index (χ1) is 3.97. The third-order valence-corrected chi connectivity index (χ3v) is 2.15. The summed E-state index contributed by atoms with van der Waals surface area (Å²) in [6, 6.07) is 0. The first-order valence-corrected chi connectivity index (χ1v) is 3.52. The molecule has 2 heteroatoms. The molecule has 0 aliphatic carbocycles. The van der Waals surface area contributed by atoms with Gasteiger partial charge in [0.25, 0.3) is 0 Å². The van der Waals surface area contributed by atoms with E-state index in [9.17, 15) is 0 Å². The molecule has 2 heterocycles. The molecule has 1 aromatic rings. The highest BCUT2D eigenvalue weighted by molar-refractivity contribution is 7.07. The Hall–Kier alpha value is -0.340. The highest BCUT2D eigenvalue weighted by Crippen LogP contribution is 2.17. The van der Waals surface area contributed by atoms with E-state index in [-0.39, 0.29) is 0 Å². The topological polar surface area (TPSA) is 12.0 Å². The second-order valence-corrected chi connectivity index (χ2v) is 2.62. The van der Waals surface area contributed by atoms with Crippen molar-refractivity contribution in [3.63, 3.8) is 0 Å². The van der Waals surface area contributed by atoms with Crippen LogP contribution in [0.3, 0.4) is 0 Å². The molecule has 8 heavy (non-hydrogen) atoms. The van der Waals surface area contributed by atoms with Gasteiger partial charge in [-0.15, -0.1) is 11.3 Å². The molecule has 0 bridgehead atoms. The van der Waals surface area contributed by atoms with Gasteiger partial charge in [-0.2, -0.15) is 0 Å². The second kappa shape index (κ2) is 1.57. The molecule has 1 radical (unpaired) electrons. The summed E-state index contributed by atoms with van der Waals surface area (Å²) in [5.41, 5.74) is 2.81. The second-order valence-electron chi connectivity index (χ2n) is 1.95. The average Bonchev–Trinajstić information content (AvgIpc) is 2.15. The van der Waals surface area contributed by atoms with E-state index >= 15 is 0 Å². The third-order valence-electron chi connectivity index (χ3n) is 1.39. The van der Waals surface area contributed by atoms with Crippen molar-refractivity contribution in [1.82, 2.24) is 5.32 Å². The Bertz CT molecular complexity index is 174. The van der Waals surface area contributed by atoms with Crippen LogP contribution in [0.1, 0.15) is 11.1 Å². The molecule has 0 unspecified atom stereocenters. The maximum Gasteiger partial charge on any atom is 0.0494 e. The first kappa shape index (κ1) is 4.53. The van der Waals surface area contributed by atoms with Crippen LogP contribution in [0.2, 0.25) is 0 Å². The summed E-state index contributed by atoms with van der Waals surface area (Å²) in [6.07, 6.45) is 0. The van der Waals surface area contributed by atoms with Crippen LogP contribution in [-0.4, -0.2) is 0 Å². The van der Waals surface area contributed by atoms with Crippen molar-refractivity contribution in [2.75, 3.05) is 0 Å². The Labute approximate surface area is 52.3 Å². The lowest BCUT2D eigenvalue weighted by atomic mass is 10.2. The van der Waals surface area contributed by atoms with E-state index in [0.29, 0.717) is 0 Å². The predicted molar refractivity (Wildman–Crippen MR) is 33.7 cm³/mol. The molecule has 0 spiro atoms. The van der Waals surface area contributed by atoms with E-state index in [4.69, 9.17) is 0 Å². The minimum atomic E-state index is 1.03. The van der Waals surface area contributed by atoms with Crippen LogP contribution in [0, 0.1) is 5.38 Å². The van der Waals surface area contributed by atoms with Gasteiger partial charge in [-0.1, -0.05) is 0 Å². The Morgan fingerprint density at radius 1 is 1.62 bits per heavy atom. The minimum Gasteiger partial charge on any atom is -0.309 e. The summed E-state index contributed by atoms with van der Waals surface area (Å²) < 4.78 is 0. The molecule has 0 amide bonds. The van der Waals surface area contributed by atoms with E-state index in [1.807, 2.05) is 0 Å². The lowest BCUT2D eigenvalue weighted by Gasteiger charge is -1.81. The Morgan fingerprint density at radius 2 is 2.62 bits per heavy atom. The standard InChI is InChI=1S/C6H6NS/c1-5-3-8-4-6(5)2-7-1/h3,7H,1-2H2. The van der Waals surface area contributed by atoms with Gasteiger partial charge in [-0.25, -0.2) is 0 Å². The van der Waals surface area contributed by atoms with Gasteiger partial charge in [-0.05, 0) is 16.5 Å². The fourth-order valence-corrected chi connectivity index (χ4v) is 1.70. The number of hydrogen-bond donors (Lipinski definition) is 1. The maximum absolute atomic E-state index is 3.24. The van der Waals surface area contributed by atoms with Crippen molar-refractivity contribution in [3.05, 3.63) is 21.9 Å². The molecule has 1 aliphatic heterocycles. The highest BCUT2D eigenvalue weighted by atomic mass is 32.1. The van der Waals surface area contributed by atoms with Crippen LogP contribution < -0.4 is 5.32 Å². The average molecular weight is 124 g/mol. The molecular formula is C6H6NS. The van der Waals surface area contributed by atoms with Gasteiger partial charge in [0.1, 0.15) is 0 Å². The molecule has 0 saturated carbocycles. The molecule has 41 valence electrons. The van der Waals surface area contributed by atoms with Crippen molar-refractivity contribution >= 4 is 11.3 Å². The van der Waals surface area contributed by atoms with Gasteiger partial charge in [-0.3, -0.25) is 0 Å². The van der Waals surface area contributed by atoms with Crippen LogP contribution >= 0.6 is 11.3 Å². The number of nitrogens with one attached hydrogen (secondary N) is 1. The Morgan fingerprint density at radius 3 is 3.50 bits per heavy atom. The molecule has 0 atom stereocenters. The number of thiophene rings is 1. The summed E-state index contributed by atoms with van der Waals surface area (Å²) in [7, 11) is 0. The van der Waals surface area contributed by atoms with Gasteiger partial charge < -0.3 is 5.32 Å². The van der Waals surface area contributed by atoms with Gasteiger partial charge in [0.2, 0.25) is 0 Å². The lowest BCUT2D eigenvalue weighted by molar-refractivity contribution is 0.764. The van der Waals surface area contributed by atoms with Crippen LogP contribution in [0.15, 0.2) is 5.38 Å². The zero-order valence-electron chi connectivity index (χ0n) is 4.40. The number of hydrogen-bond acceptors (Lipinski definition) is 2. The van der Waals surface area contributed by atoms with E-state index in [0.717, 1.165) is 13.1 Å². The maximum atomic E-state index is 3.24. The van der Waals surface area contributed by atoms with Crippen LogP contribution in [0.25, 0.3) is 0 Å². The normalized spacial score (nSPS) is 16.5. The lowest BCUT2D eigenvalue weighted by Crippen LogP contribution is -2.00. The van der Waals surface area contributed by atoms with Crippen molar-refractivity contribution < 1.29 is 0 Å². The largest absolute Gasteiger partial charge is 0.309 e. The van der Waals surface area contributed by atoms with E-state index in [2.05, 4.69) is 16.1 Å². The number of fused-ring (bicyclic) bond motifs is 1. The van der Waals surface area contributed by atoms with Crippen LogP contribution in [0.5, 0.6) is 0 Å². The molecule has 0 aromatic carbocycles. The zero-order valence-corrected chi connectivity index (χ0v) is 5.22. The first-order valence-electron chi connectivity index (χ1n) is 2.64. The molecule has 0 saturated heterocycles. The summed E-state index contributed by atoms with van der Waals surface area (Å²) in [5, 5.41) is 8.60. The van der Waals surface area contributed by atoms with E-state index in [1.54, 1.807) is 11.3 Å². The summed E-state index contributed by atoms with van der Waals surface area (Å²) in [4.78, 5) is 0. The smallest absolute Gasteiger partial charge is 0.0494 e. The van der Waals surface area contributed by atoms with Crippen molar-refractivity contribution in [1.29, 1.82) is 0 Å². The molecule has 2 rings (SSSR count). The van der Waals surface area contributed by atoms with Crippen molar-refractivity contribution in [2.24, 2.45) is 0 Å². The summed E-state index contributed by atoms with van der Waals surface area (Å²) >= 11 is 1.68. The highest BCUT2D eigenvalue weighted by Gasteiger charge is 2.08. The molecule has 1 aliphatic rings. The Balaban J connectivity index is 2.54. The summed E-state index contributed by atoms with van der Waals surface area (Å²) in [6.45, 7) is 2.08. The fourth-order valence-electron chi connectivity index (χ4n) is 0.929. The van der Waals surface area contributed by atoms with Gasteiger partial charge >= 0.3 is 0 Å². The molecule has 0 fully saturated rings. The quantitative estimate of drug-likeness (QED) is 0.547. The molecule has 1 N–H and O–H groups in total.